The second-order valence-electron chi connectivity index (χ2n) is 5.69. The Kier molecular flexibility index (Phi) is 4.57. The van der Waals surface area contributed by atoms with Crippen LogP contribution in [0.3, 0.4) is 0 Å². The number of aromatic nitrogens is 2. The van der Waals surface area contributed by atoms with Crippen LogP contribution in [0.5, 0.6) is 0 Å². The van der Waals surface area contributed by atoms with Crippen LogP contribution in [0.4, 0.5) is 13.2 Å². The van der Waals surface area contributed by atoms with Crippen molar-refractivity contribution < 1.29 is 13.2 Å². The molecule has 0 unspecified atom stereocenters. The molecule has 1 aliphatic rings. The molecule has 5 nitrogen and oxygen atoms in total. The van der Waals surface area contributed by atoms with Gasteiger partial charge in [-0.25, -0.2) is 4.98 Å². The number of halogens is 3. The third-order valence-electron chi connectivity index (χ3n) is 3.94. The number of hydrogen-bond acceptors (Lipinski definition) is 4. The molecular weight excluding hydrogens is 319 g/mol. The fourth-order valence-electron chi connectivity index (χ4n) is 2.58. The lowest BCUT2D eigenvalue weighted by Gasteiger charge is -2.31. The Labute approximate surface area is 138 Å². The van der Waals surface area contributed by atoms with Crippen LogP contribution >= 0.6 is 0 Å². The zero-order chi connectivity index (χ0) is 17.2. The molecule has 0 N–H and O–H groups in total. The van der Waals surface area contributed by atoms with E-state index in [0.717, 1.165) is 19.2 Å². The number of imidazole rings is 1. The van der Waals surface area contributed by atoms with E-state index in [2.05, 4.69) is 15.0 Å². The Bertz CT molecular complexity index is 701. The van der Waals surface area contributed by atoms with Crippen LogP contribution in [0.1, 0.15) is 11.1 Å². The topological polar surface area (TPSA) is 36.7 Å². The van der Waals surface area contributed by atoms with E-state index in [9.17, 15) is 13.2 Å². The molecule has 0 amide bonds. The van der Waals surface area contributed by atoms with E-state index in [1.54, 1.807) is 12.3 Å². The van der Waals surface area contributed by atoms with Gasteiger partial charge in [-0.1, -0.05) is 18.2 Å². The molecule has 1 saturated heterocycles. The molecule has 0 bridgehead atoms. The van der Waals surface area contributed by atoms with Crippen molar-refractivity contribution in [3.8, 4) is 0 Å². The largest absolute Gasteiger partial charge is 0.417 e. The minimum atomic E-state index is -4.44. The minimum absolute atomic E-state index is 0.0435. The summed E-state index contributed by atoms with van der Waals surface area (Å²) in [6.07, 6.45) is 0.139. The summed E-state index contributed by atoms with van der Waals surface area (Å²) in [5.41, 5.74) is -0.659. The van der Waals surface area contributed by atoms with Gasteiger partial charge in [0.2, 0.25) is 0 Å². The van der Waals surface area contributed by atoms with Crippen LogP contribution in [0.25, 0.3) is 0 Å². The zero-order valence-electron chi connectivity index (χ0n) is 13.2. The first-order valence-electron chi connectivity index (χ1n) is 7.62. The van der Waals surface area contributed by atoms with Crippen molar-refractivity contribution in [2.24, 2.45) is 5.10 Å². The van der Waals surface area contributed by atoms with Gasteiger partial charge in [0.05, 0.1) is 5.56 Å². The van der Waals surface area contributed by atoms with Crippen molar-refractivity contribution in [3.05, 3.63) is 54.1 Å². The average Bonchev–Trinajstić information content (AvgIpc) is 3.08. The molecule has 2 aromatic rings. The van der Waals surface area contributed by atoms with E-state index >= 15 is 0 Å². The summed E-state index contributed by atoms with van der Waals surface area (Å²) < 4.78 is 41.7. The van der Waals surface area contributed by atoms with Crippen LogP contribution in [-0.2, 0) is 6.18 Å². The molecule has 0 atom stereocenters. The zero-order valence-corrected chi connectivity index (χ0v) is 13.2. The van der Waals surface area contributed by atoms with E-state index in [-0.39, 0.29) is 11.4 Å². The van der Waals surface area contributed by atoms with Gasteiger partial charge in [0.1, 0.15) is 6.33 Å². The molecule has 2 heterocycles. The lowest BCUT2D eigenvalue weighted by Crippen LogP contribution is -2.42. The van der Waals surface area contributed by atoms with Gasteiger partial charge in [0, 0.05) is 44.1 Å². The Morgan fingerprint density at radius 1 is 1.12 bits per heavy atom. The van der Waals surface area contributed by atoms with Crippen LogP contribution in [-0.4, -0.2) is 58.5 Å². The molecule has 0 saturated carbocycles. The third kappa shape index (κ3) is 3.59. The molecule has 1 fully saturated rings. The average molecular weight is 337 g/mol. The maximum absolute atomic E-state index is 13.4. The monoisotopic (exact) mass is 337 g/mol. The molecule has 128 valence electrons. The highest BCUT2D eigenvalue weighted by atomic mass is 19.4. The Balaban J connectivity index is 2.04. The van der Waals surface area contributed by atoms with Gasteiger partial charge >= 0.3 is 6.18 Å². The summed E-state index contributed by atoms with van der Waals surface area (Å²) in [7, 11) is 2.01. The number of piperazine rings is 1. The van der Waals surface area contributed by atoms with E-state index in [4.69, 9.17) is 0 Å². The molecule has 3 rings (SSSR count). The van der Waals surface area contributed by atoms with Gasteiger partial charge in [0.15, 0.2) is 5.84 Å². The Morgan fingerprint density at radius 2 is 1.83 bits per heavy atom. The Morgan fingerprint density at radius 3 is 2.46 bits per heavy atom. The van der Waals surface area contributed by atoms with E-state index in [0.29, 0.717) is 13.1 Å². The third-order valence-corrected chi connectivity index (χ3v) is 3.94. The second kappa shape index (κ2) is 6.64. The molecule has 24 heavy (non-hydrogen) atoms. The molecule has 0 radical (unpaired) electrons. The Hall–Kier alpha value is -2.35. The maximum atomic E-state index is 13.4. The molecule has 1 aliphatic heterocycles. The lowest BCUT2D eigenvalue weighted by atomic mass is 10.1. The van der Waals surface area contributed by atoms with Gasteiger partial charge in [-0.05, 0) is 13.1 Å². The van der Waals surface area contributed by atoms with Gasteiger partial charge < -0.3 is 4.90 Å². The highest BCUT2D eigenvalue weighted by molar-refractivity contribution is 6.01. The summed E-state index contributed by atoms with van der Waals surface area (Å²) >= 11 is 0. The molecule has 0 aliphatic carbocycles. The van der Waals surface area contributed by atoms with Crippen molar-refractivity contribution >= 4 is 5.84 Å². The highest BCUT2D eigenvalue weighted by Crippen LogP contribution is 2.32. The van der Waals surface area contributed by atoms with E-state index < -0.39 is 11.7 Å². The molecular formula is C16H18F3N5. The number of rotatable bonds is 2. The predicted octanol–water partition coefficient (Wildman–Crippen LogP) is 2.36. The molecule has 1 aromatic carbocycles. The predicted molar refractivity (Wildman–Crippen MR) is 84.7 cm³/mol. The molecule has 1 aromatic heterocycles. The number of hydrazone groups is 1. The second-order valence-corrected chi connectivity index (χ2v) is 5.69. The van der Waals surface area contributed by atoms with Crippen LogP contribution < -0.4 is 0 Å². The lowest BCUT2D eigenvalue weighted by molar-refractivity contribution is -0.137. The van der Waals surface area contributed by atoms with Gasteiger partial charge in [0.25, 0.3) is 0 Å². The smallest absolute Gasteiger partial charge is 0.303 e. The quantitative estimate of drug-likeness (QED) is 0.624. The fraction of sp³-hybridized carbons (Fsp3) is 0.375. The first kappa shape index (κ1) is 16.5. The number of nitrogens with zero attached hydrogens (tertiary/aromatic N) is 5. The maximum Gasteiger partial charge on any atom is 0.417 e. The van der Waals surface area contributed by atoms with Gasteiger partial charge in [-0.2, -0.15) is 18.3 Å². The van der Waals surface area contributed by atoms with E-state index in [1.165, 1.54) is 29.2 Å². The van der Waals surface area contributed by atoms with Gasteiger partial charge in [-0.3, -0.25) is 9.58 Å². The first-order valence-corrected chi connectivity index (χ1v) is 7.62. The normalized spacial score (nSPS) is 17.3. The van der Waals surface area contributed by atoms with Crippen LogP contribution in [0.15, 0.2) is 48.1 Å². The molecule has 0 spiro atoms. The molecule has 8 heteroatoms. The van der Waals surface area contributed by atoms with Crippen LogP contribution in [0, 0.1) is 0 Å². The van der Waals surface area contributed by atoms with Crippen molar-refractivity contribution in [2.75, 3.05) is 33.2 Å². The van der Waals surface area contributed by atoms with Gasteiger partial charge in [-0.15, -0.1) is 0 Å². The number of benzene rings is 1. The van der Waals surface area contributed by atoms with E-state index in [1.807, 2.05) is 12.1 Å². The number of likely N-dealkylation sites (N-methyl/N-ethyl adjacent to an activating group) is 1. The fourth-order valence-corrected chi connectivity index (χ4v) is 2.58. The number of hydrogen-bond donors (Lipinski definition) is 0. The summed E-state index contributed by atoms with van der Waals surface area (Å²) in [5.74, 6) is 0.227. The van der Waals surface area contributed by atoms with Crippen molar-refractivity contribution in [2.45, 2.75) is 6.18 Å². The van der Waals surface area contributed by atoms with Crippen molar-refractivity contribution in [3.63, 3.8) is 0 Å². The van der Waals surface area contributed by atoms with Crippen LogP contribution in [0.2, 0.25) is 0 Å². The summed E-state index contributed by atoms with van der Waals surface area (Å²) in [4.78, 5) is 6.10. The SMILES string of the molecule is CN1CCN(N=C(c2ccccc2C(F)(F)F)n2ccnc2)CC1. The highest BCUT2D eigenvalue weighted by Gasteiger charge is 2.34. The number of alkyl halides is 3. The van der Waals surface area contributed by atoms with Crippen molar-refractivity contribution in [1.29, 1.82) is 0 Å². The first-order chi connectivity index (χ1) is 11.4. The van der Waals surface area contributed by atoms with Crippen molar-refractivity contribution in [1.82, 2.24) is 19.5 Å². The standard InChI is InChI=1S/C16H18F3N5/c1-22-8-10-24(11-9-22)21-15(23-7-6-20-12-23)13-4-2-3-5-14(13)16(17,18)19/h2-7,12H,8-11H2,1H3. The summed E-state index contributed by atoms with van der Waals surface area (Å²) in [5, 5.41) is 6.31. The summed E-state index contributed by atoms with van der Waals surface area (Å²) in [6, 6.07) is 5.48. The summed E-state index contributed by atoms with van der Waals surface area (Å²) in [6.45, 7) is 2.98. The minimum Gasteiger partial charge on any atom is -0.303 e.